The molecule has 4 heterocycles. The van der Waals surface area contributed by atoms with Crippen molar-refractivity contribution in [2.24, 2.45) is 5.92 Å². The Morgan fingerprint density at radius 2 is 1.81 bits per heavy atom. The molecule has 6 heteroatoms. The summed E-state index contributed by atoms with van der Waals surface area (Å²) in [5.41, 5.74) is 1.69. The van der Waals surface area contributed by atoms with Gasteiger partial charge in [-0.1, -0.05) is 0 Å². The molecule has 3 fully saturated rings. The number of aromatic nitrogens is 1. The first-order valence-corrected chi connectivity index (χ1v) is 11.7. The van der Waals surface area contributed by atoms with Crippen molar-refractivity contribution in [3.63, 3.8) is 0 Å². The number of piperazine rings is 1. The summed E-state index contributed by atoms with van der Waals surface area (Å²) in [6.07, 6.45) is 7.20. The van der Waals surface area contributed by atoms with Gasteiger partial charge in [0.15, 0.2) is 0 Å². The fourth-order valence-electron chi connectivity index (χ4n) is 5.47. The highest BCUT2D eigenvalue weighted by Crippen LogP contribution is 2.38. The molecule has 3 aliphatic heterocycles. The number of likely N-dealkylation sites (N-methyl/N-ethyl adjacent to an activating group) is 1. The second-order valence-corrected chi connectivity index (χ2v) is 9.64. The quantitative estimate of drug-likeness (QED) is 0.760. The van der Waals surface area contributed by atoms with Gasteiger partial charge in [-0.3, -0.25) is 4.79 Å². The highest BCUT2D eigenvalue weighted by Gasteiger charge is 2.44. The molecular formula is C25H34N4O2. The number of ether oxygens (including phenoxy) is 1. The topological polar surface area (TPSA) is 41.0 Å². The van der Waals surface area contributed by atoms with E-state index in [0.717, 1.165) is 82.9 Å². The molecule has 0 saturated carbocycles. The first kappa shape index (κ1) is 20.7. The normalized spacial score (nSPS) is 27.8. The minimum absolute atomic E-state index is 0.129. The van der Waals surface area contributed by atoms with Gasteiger partial charge in [-0.15, -0.1) is 0 Å². The molecule has 3 saturated heterocycles. The van der Waals surface area contributed by atoms with Crippen molar-refractivity contribution in [1.82, 2.24) is 19.3 Å². The monoisotopic (exact) mass is 422 g/mol. The van der Waals surface area contributed by atoms with Gasteiger partial charge in [0, 0.05) is 69.5 Å². The molecule has 0 aliphatic carbocycles. The number of likely N-dealkylation sites (tertiary alicyclic amines) is 1. The Hall–Kier alpha value is -2.15. The molecule has 3 aliphatic rings. The summed E-state index contributed by atoms with van der Waals surface area (Å²) in [5, 5.41) is 0. The summed E-state index contributed by atoms with van der Waals surface area (Å²) in [6, 6.07) is 11.9. The summed E-state index contributed by atoms with van der Waals surface area (Å²) in [7, 11) is 2.20. The molecule has 1 aromatic heterocycles. The number of hydrogen-bond donors (Lipinski definition) is 0. The van der Waals surface area contributed by atoms with Gasteiger partial charge in [0.1, 0.15) is 0 Å². The predicted octanol–water partition coefficient (Wildman–Crippen LogP) is 2.74. The molecule has 0 N–H and O–H groups in total. The van der Waals surface area contributed by atoms with Gasteiger partial charge in [-0.2, -0.15) is 0 Å². The lowest BCUT2D eigenvalue weighted by atomic mass is 9.86. The minimum Gasteiger partial charge on any atom is -0.373 e. The van der Waals surface area contributed by atoms with Gasteiger partial charge in [-0.25, -0.2) is 0 Å². The minimum atomic E-state index is -0.143. The Morgan fingerprint density at radius 1 is 1.06 bits per heavy atom. The van der Waals surface area contributed by atoms with Crippen LogP contribution in [0.4, 0.5) is 0 Å². The summed E-state index contributed by atoms with van der Waals surface area (Å²) >= 11 is 0. The third-order valence-corrected chi connectivity index (χ3v) is 7.24. The first-order valence-electron chi connectivity index (χ1n) is 11.7. The highest BCUT2D eigenvalue weighted by atomic mass is 16.5. The van der Waals surface area contributed by atoms with E-state index in [4.69, 9.17) is 4.74 Å². The summed E-state index contributed by atoms with van der Waals surface area (Å²) in [6.45, 7) is 8.14. The van der Waals surface area contributed by atoms with Gasteiger partial charge in [-0.05, 0) is 68.6 Å². The molecule has 1 amide bonds. The molecule has 166 valence electrons. The van der Waals surface area contributed by atoms with Crippen LogP contribution in [0.5, 0.6) is 0 Å². The van der Waals surface area contributed by atoms with Gasteiger partial charge < -0.3 is 24.0 Å². The van der Waals surface area contributed by atoms with E-state index < -0.39 is 0 Å². The number of piperidine rings is 1. The van der Waals surface area contributed by atoms with Crippen molar-refractivity contribution in [3.05, 3.63) is 54.4 Å². The first-order chi connectivity index (χ1) is 15.1. The van der Waals surface area contributed by atoms with E-state index in [-0.39, 0.29) is 11.5 Å². The van der Waals surface area contributed by atoms with Crippen LogP contribution in [-0.2, 0) is 4.74 Å². The van der Waals surface area contributed by atoms with Crippen LogP contribution in [0.1, 0.15) is 29.6 Å². The van der Waals surface area contributed by atoms with Crippen molar-refractivity contribution >= 4 is 5.91 Å². The Kier molecular flexibility index (Phi) is 5.87. The van der Waals surface area contributed by atoms with Crippen LogP contribution >= 0.6 is 0 Å². The second-order valence-electron chi connectivity index (χ2n) is 9.64. The fraction of sp³-hybridized carbons (Fsp3) is 0.560. The molecule has 0 unspecified atom stereocenters. The average molecular weight is 423 g/mol. The summed E-state index contributed by atoms with van der Waals surface area (Å²) in [4.78, 5) is 20.2. The third kappa shape index (κ3) is 4.56. The maximum absolute atomic E-state index is 13.2. The summed E-state index contributed by atoms with van der Waals surface area (Å²) in [5.74, 6) is 0.712. The molecule has 2 atom stereocenters. The Bertz CT molecular complexity index is 873. The average Bonchev–Trinajstić information content (AvgIpc) is 3.46. The molecule has 0 bridgehead atoms. The van der Waals surface area contributed by atoms with Crippen molar-refractivity contribution in [2.75, 3.05) is 59.5 Å². The van der Waals surface area contributed by atoms with Crippen LogP contribution in [-0.4, -0.2) is 90.2 Å². The van der Waals surface area contributed by atoms with Gasteiger partial charge >= 0.3 is 0 Å². The van der Waals surface area contributed by atoms with E-state index in [1.54, 1.807) is 0 Å². The van der Waals surface area contributed by atoms with Crippen molar-refractivity contribution in [1.29, 1.82) is 0 Å². The van der Waals surface area contributed by atoms with Crippen LogP contribution in [0.2, 0.25) is 0 Å². The lowest BCUT2D eigenvalue weighted by Crippen LogP contribution is -2.50. The van der Waals surface area contributed by atoms with E-state index >= 15 is 0 Å². The van der Waals surface area contributed by atoms with Crippen molar-refractivity contribution in [2.45, 2.75) is 24.9 Å². The third-order valence-electron chi connectivity index (χ3n) is 7.24. The SMILES string of the molecule is CN1CCN(C[C@H]2CO[C@@]3(CCCN(C(=O)c4ccc(-n5cccc5)cc4)C3)C2)CC1. The number of hydrogen-bond acceptors (Lipinski definition) is 4. The van der Waals surface area contributed by atoms with Crippen LogP contribution in [0, 0.1) is 5.92 Å². The van der Waals surface area contributed by atoms with Gasteiger partial charge in [0.25, 0.3) is 5.91 Å². The van der Waals surface area contributed by atoms with Crippen LogP contribution < -0.4 is 0 Å². The number of carbonyl (C=O) groups is 1. The van der Waals surface area contributed by atoms with Gasteiger partial charge in [0.2, 0.25) is 0 Å². The maximum Gasteiger partial charge on any atom is 0.253 e. The summed E-state index contributed by atoms with van der Waals surface area (Å²) < 4.78 is 8.46. The molecular weight excluding hydrogens is 388 g/mol. The number of nitrogens with zero attached hydrogens (tertiary/aromatic N) is 4. The molecule has 1 aromatic carbocycles. The zero-order valence-electron chi connectivity index (χ0n) is 18.6. The number of carbonyl (C=O) groups excluding carboxylic acids is 1. The van der Waals surface area contributed by atoms with Crippen LogP contribution in [0.3, 0.4) is 0 Å². The standard InChI is InChI=1S/C25H34N4O2/c1-26-13-15-27(16-14-26)18-21-17-25(31-19-21)9-4-12-29(20-25)24(30)22-5-7-23(8-6-22)28-10-2-3-11-28/h2-3,5-8,10-11,21H,4,9,12-20H2,1H3/t21-,25-/m0/s1. The molecule has 2 aromatic rings. The van der Waals surface area contributed by atoms with Crippen LogP contribution in [0.25, 0.3) is 5.69 Å². The fourth-order valence-corrected chi connectivity index (χ4v) is 5.47. The number of rotatable bonds is 4. The number of amides is 1. The molecule has 5 rings (SSSR count). The lowest BCUT2D eigenvalue weighted by Gasteiger charge is -2.40. The largest absolute Gasteiger partial charge is 0.373 e. The molecule has 0 radical (unpaired) electrons. The Morgan fingerprint density at radius 3 is 2.55 bits per heavy atom. The van der Waals surface area contributed by atoms with E-state index in [1.807, 2.05) is 53.7 Å². The zero-order valence-corrected chi connectivity index (χ0v) is 18.6. The van der Waals surface area contributed by atoms with Gasteiger partial charge in [0.05, 0.1) is 12.2 Å². The van der Waals surface area contributed by atoms with E-state index in [1.165, 1.54) is 0 Å². The van der Waals surface area contributed by atoms with E-state index in [0.29, 0.717) is 5.92 Å². The molecule has 1 spiro atoms. The maximum atomic E-state index is 13.2. The lowest BCUT2D eigenvalue weighted by molar-refractivity contribution is -0.0450. The molecule has 6 nitrogen and oxygen atoms in total. The molecule has 31 heavy (non-hydrogen) atoms. The van der Waals surface area contributed by atoms with Crippen molar-refractivity contribution < 1.29 is 9.53 Å². The zero-order chi connectivity index (χ0) is 21.3. The van der Waals surface area contributed by atoms with E-state index in [2.05, 4.69) is 21.4 Å². The second kappa shape index (κ2) is 8.77. The Labute approximate surface area is 185 Å². The van der Waals surface area contributed by atoms with Crippen LogP contribution in [0.15, 0.2) is 48.8 Å². The Balaban J connectivity index is 1.19. The predicted molar refractivity (Wildman–Crippen MR) is 122 cm³/mol. The van der Waals surface area contributed by atoms with E-state index in [9.17, 15) is 4.79 Å². The number of benzene rings is 1. The van der Waals surface area contributed by atoms with Crippen molar-refractivity contribution in [3.8, 4) is 5.69 Å². The smallest absolute Gasteiger partial charge is 0.253 e. The highest BCUT2D eigenvalue weighted by molar-refractivity contribution is 5.94.